The van der Waals surface area contributed by atoms with Crippen LogP contribution in [0.1, 0.15) is 39.0 Å². The zero-order valence-corrected chi connectivity index (χ0v) is 13.5. The van der Waals surface area contributed by atoms with Crippen LogP contribution in [0.2, 0.25) is 0 Å². The summed E-state index contributed by atoms with van der Waals surface area (Å²) in [4.78, 5) is 6.93. The van der Waals surface area contributed by atoms with Gasteiger partial charge in [-0.1, -0.05) is 12.2 Å². The minimum Gasteiger partial charge on any atom is -0.388 e. The number of hydrogen-bond acceptors (Lipinski definition) is 4. The summed E-state index contributed by atoms with van der Waals surface area (Å²) in [5, 5.41) is 0. The van der Waals surface area contributed by atoms with Crippen LogP contribution in [0, 0.1) is 0 Å². The molecule has 0 saturated carbocycles. The maximum absolute atomic E-state index is 6.10. The van der Waals surface area contributed by atoms with Crippen LogP contribution in [0.15, 0.2) is 18.3 Å². The Hall–Kier alpha value is -1.04. The van der Waals surface area contributed by atoms with Crippen molar-refractivity contribution in [2.45, 2.75) is 45.4 Å². The van der Waals surface area contributed by atoms with Crippen molar-refractivity contribution in [1.29, 1.82) is 0 Å². The third kappa shape index (κ3) is 3.98. The lowest BCUT2D eigenvalue weighted by Crippen LogP contribution is -2.56. The van der Waals surface area contributed by atoms with Crippen LogP contribution in [0.3, 0.4) is 0 Å². The third-order valence-electron chi connectivity index (χ3n) is 3.24. The van der Waals surface area contributed by atoms with E-state index in [4.69, 9.17) is 22.7 Å². The van der Waals surface area contributed by atoms with E-state index in [0.29, 0.717) is 10.7 Å². The first-order valence-corrected chi connectivity index (χ1v) is 7.25. The smallest absolute Gasteiger partial charge is 0.122 e. The maximum Gasteiger partial charge on any atom is 0.122 e. The van der Waals surface area contributed by atoms with Crippen LogP contribution in [-0.4, -0.2) is 39.2 Å². The molecule has 1 aliphatic rings. The number of rotatable bonds is 3. The molecule has 0 radical (unpaired) electrons. The second-order valence-corrected chi connectivity index (χ2v) is 7.12. The molecule has 0 unspecified atom stereocenters. The van der Waals surface area contributed by atoms with Crippen molar-refractivity contribution in [2.24, 2.45) is 5.73 Å². The van der Waals surface area contributed by atoms with Gasteiger partial charge in [0.1, 0.15) is 4.99 Å². The Balaban J connectivity index is 2.13. The van der Waals surface area contributed by atoms with Gasteiger partial charge in [-0.2, -0.15) is 0 Å². The first-order valence-electron chi connectivity index (χ1n) is 6.84. The fraction of sp³-hybridized carbons (Fsp3) is 0.600. The fourth-order valence-electron chi connectivity index (χ4n) is 3.02. The van der Waals surface area contributed by atoms with Crippen LogP contribution >= 0.6 is 12.2 Å². The van der Waals surface area contributed by atoms with Crippen LogP contribution < -0.4 is 5.73 Å². The van der Waals surface area contributed by atoms with Gasteiger partial charge >= 0.3 is 0 Å². The number of thiocarbonyl (C=S) groups is 1. The second kappa shape index (κ2) is 5.39. The normalized spacial score (nSPS) is 21.6. The van der Waals surface area contributed by atoms with E-state index in [1.54, 1.807) is 6.20 Å². The number of nitrogens with two attached hydrogens (primary N) is 1. The Kier molecular flexibility index (Phi) is 4.14. The van der Waals surface area contributed by atoms with E-state index in [1.165, 1.54) is 5.56 Å². The van der Waals surface area contributed by atoms with Gasteiger partial charge in [-0.25, -0.2) is 0 Å². The van der Waals surface area contributed by atoms with E-state index >= 15 is 0 Å². The molecule has 1 saturated heterocycles. The topological polar surface area (TPSA) is 51.4 Å². The monoisotopic (exact) mass is 293 g/mol. The highest BCUT2D eigenvalue weighted by Crippen LogP contribution is 2.28. The maximum atomic E-state index is 6.10. The molecule has 2 rings (SSSR count). The number of ether oxygens (including phenoxy) is 1. The van der Waals surface area contributed by atoms with Gasteiger partial charge in [0.15, 0.2) is 0 Å². The van der Waals surface area contributed by atoms with Gasteiger partial charge in [-0.05, 0) is 45.4 Å². The zero-order chi connectivity index (χ0) is 15.0. The minimum absolute atomic E-state index is 0.138. The van der Waals surface area contributed by atoms with Gasteiger partial charge in [0.25, 0.3) is 0 Å². The molecule has 0 aliphatic carbocycles. The van der Waals surface area contributed by atoms with Crippen molar-refractivity contribution >= 4 is 17.2 Å². The highest BCUT2D eigenvalue weighted by molar-refractivity contribution is 7.80. The summed E-state index contributed by atoms with van der Waals surface area (Å²) in [7, 11) is 0. The van der Waals surface area contributed by atoms with E-state index in [1.807, 2.05) is 12.1 Å². The van der Waals surface area contributed by atoms with Crippen molar-refractivity contribution in [3.8, 4) is 0 Å². The van der Waals surface area contributed by atoms with Crippen LogP contribution in [0.25, 0.3) is 0 Å². The summed E-state index contributed by atoms with van der Waals surface area (Å²) in [6, 6.07) is 3.98. The predicted octanol–water partition coefficient (Wildman–Crippen LogP) is 2.11. The second-order valence-electron chi connectivity index (χ2n) is 6.68. The van der Waals surface area contributed by atoms with Gasteiger partial charge in [0.05, 0.1) is 16.9 Å². The lowest BCUT2D eigenvalue weighted by molar-refractivity contribution is -0.182. The molecule has 4 nitrogen and oxygen atoms in total. The van der Waals surface area contributed by atoms with Crippen molar-refractivity contribution < 1.29 is 4.74 Å². The van der Waals surface area contributed by atoms with Crippen molar-refractivity contribution in [1.82, 2.24) is 9.88 Å². The average Bonchev–Trinajstić information content (AvgIpc) is 2.24. The molecule has 1 aromatic rings. The lowest BCUT2D eigenvalue weighted by Gasteiger charge is -2.47. The molecule has 0 aromatic carbocycles. The highest BCUT2D eigenvalue weighted by atomic mass is 32.1. The number of hydrogen-bond donors (Lipinski definition) is 1. The Bertz CT molecular complexity index is 498. The van der Waals surface area contributed by atoms with Crippen LogP contribution in [0.5, 0.6) is 0 Å². The van der Waals surface area contributed by atoms with Gasteiger partial charge in [-0.15, -0.1) is 0 Å². The molecule has 5 heteroatoms. The van der Waals surface area contributed by atoms with Gasteiger partial charge in [-0.3, -0.25) is 9.88 Å². The summed E-state index contributed by atoms with van der Waals surface area (Å²) < 4.78 is 6.10. The molecule has 0 spiro atoms. The summed E-state index contributed by atoms with van der Waals surface area (Å²) in [6.45, 7) is 11.2. The largest absolute Gasteiger partial charge is 0.388 e. The standard InChI is InChI=1S/C15H23N3OS/c1-14(2)9-18(10-15(3,4)19-14)8-11-5-6-17-12(7-11)13(16)20/h5-7H,8-10H2,1-4H3,(H2,16,20). The molecule has 2 heterocycles. The van der Waals surface area contributed by atoms with Crippen molar-refractivity contribution in [2.75, 3.05) is 13.1 Å². The Labute approximate surface area is 126 Å². The SMILES string of the molecule is CC1(C)CN(Cc2ccnc(C(N)=S)c2)CC(C)(C)O1. The summed E-state index contributed by atoms with van der Waals surface area (Å²) >= 11 is 4.98. The molecule has 2 N–H and O–H groups in total. The molecule has 110 valence electrons. The molecule has 20 heavy (non-hydrogen) atoms. The molecule has 0 bridgehead atoms. The molecular formula is C15H23N3OS. The Morgan fingerprint density at radius 1 is 1.35 bits per heavy atom. The van der Waals surface area contributed by atoms with E-state index in [0.717, 1.165) is 19.6 Å². The minimum atomic E-state index is -0.138. The van der Waals surface area contributed by atoms with Crippen molar-refractivity contribution in [3.05, 3.63) is 29.6 Å². The Morgan fingerprint density at radius 3 is 2.50 bits per heavy atom. The lowest BCUT2D eigenvalue weighted by atomic mass is 9.98. The molecule has 1 aliphatic heterocycles. The average molecular weight is 293 g/mol. The van der Waals surface area contributed by atoms with E-state index in [2.05, 4.69) is 37.6 Å². The first kappa shape index (κ1) is 15.4. The summed E-state index contributed by atoms with van der Waals surface area (Å²) in [6.07, 6.45) is 1.76. The molecule has 1 fully saturated rings. The van der Waals surface area contributed by atoms with Gasteiger partial charge < -0.3 is 10.5 Å². The number of aromatic nitrogens is 1. The predicted molar refractivity (Wildman–Crippen MR) is 84.6 cm³/mol. The number of pyridine rings is 1. The number of nitrogens with zero attached hydrogens (tertiary/aromatic N) is 2. The van der Waals surface area contributed by atoms with Crippen LogP contribution in [0.4, 0.5) is 0 Å². The molecule has 1 aromatic heterocycles. The van der Waals surface area contributed by atoms with E-state index in [9.17, 15) is 0 Å². The quantitative estimate of drug-likeness (QED) is 0.865. The third-order valence-corrected chi connectivity index (χ3v) is 3.45. The molecule has 0 atom stereocenters. The molecule has 0 amide bonds. The highest BCUT2D eigenvalue weighted by Gasteiger charge is 2.37. The zero-order valence-electron chi connectivity index (χ0n) is 12.6. The fourth-order valence-corrected chi connectivity index (χ4v) is 3.13. The van der Waals surface area contributed by atoms with Gasteiger partial charge in [0, 0.05) is 25.8 Å². The first-order chi connectivity index (χ1) is 9.17. The molecular weight excluding hydrogens is 270 g/mol. The van der Waals surface area contributed by atoms with E-state index in [-0.39, 0.29) is 11.2 Å². The van der Waals surface area contributed by atoms with Crippen LogP contribution in [-0.2, 0) is 11.3 Å². The van der Waals surface area contributed by atoms with Crippen molar-refractivity contribution in [3.63, 3.8) is 0 Å². The van der Waals surface area contributed by atoms with E-state index < -0.39 is 0 Å². The number of morpholine rings is 1. The summed E-state index contributed by atoms with van der Waals surface area (Å²) in [5.41, 5.74) is 7.22. The summed E-state index contributed by atoms with van der Waals surface area (Å²) in [5.74, 6) is 0. The van der Waals surface area contributed by atoms with Gasteiger partial charge in [0.2, 0.25) is 0 Å². The Morgan fingerprint density at radius 2 is 1.95 bits per heavy atom.